The van der Waals surface area contributed by atoms with Crippen molar-refractivity contribution >= 4 is 11.9 Å². The summed E-state index contributed by atoms with van der Waals surface area (Å²) < 4.78 is 30.5. The maximum Gasteiger partial charge on any atom is 0.333 e. The van der Waals surface area contributed by atoms with Gasteiger partial charge in [0.2, 0.25) is 0 Å². The van der Waals surface area contributed by atoms with Gasteiger partial charge >= 0.3 is 12.5 Å². The van der Waals surface area contributed by atoms with E-state index in [-0.39, 0.29) is 12.1 Å². The zero-order valence-corrected chi connectivity index (χ0v) is 10.8. The third-order valence-electron chi connectivity index (χ3n) is 2.69. The number of esters is 1. The highest BCUT2D eigenvalue weighted by atomic mass is 19.3. The molecule has 0 saturated carbocycles. The van der Waals surface area contributed by atoms with Crippen LogP contribution in [-0.4, -0.2) is 27.8 Å². The summed E-state index contributed by atoms with van der Waals surface area (Å²) in [5.41, 5.74) is 5.82. The molecule has 0 radical (unpaired) electrons. The Morgan fingerprint density at radius 1 is 1.42 bits per heavy atom. The zero-order valence-electron chi connectivity index (χ0n) is 10.8. The fourth-order valence-electron chi connectivity index (χ4n) is 1.58. The van der Waals surface area contributed by atoms with Crippen LogP contribution in [0.25, 0.3) is 0 Å². The van der Waals surface area contributed by atoms with Gasteiger partial charge in [0.25, 0.3) is 5.91 Å². The molecule has 1 aromatic heterocycles. The summed E-state index contributed by atoms with van der Waals surface area (Å²) in [5, 5.41) is 3.64. The number of amides is 1. The molecule has 0 aromatic carbocycles. The summed E-state index contributed by atoms with van der Waals surface area (Å²) in [6.07, 6.45) is -1.29. The Kier molecular flexibility index (Phi) is 4.57. The van der Waals surface area contributed by atoms with Gasteiger partial charge in [-0.25, -0.2) is 4.68 Å². The van der Waals surface area contributed by atoms with Gasteiger partial charge < -0.3 is 10.5 Å². The van der Waals surface area contributed by atoms with Crippen molar-refractivity contribution in [1.82, 2.24) is 9.78 Å². The minimum absolute atomic E-state index is 0.191. The molecule has 0 aliphatic rings. The Morgan fingerprint density at radius 3 is 2.42 bits per heavy atom. The van der Waals surface area contributed by atoms with Crippen LogP contribution in [0, 0.1) is 13.8 Å². The van der Waals surface area contributed by atoms with Crippen LogP contribution in [0.5, 0.6) is 0 Å². The molecule has 1 atom stereocenters. The number of nitrogens with zero attached hydrogens (tertiary/aromatic N) is 2. The molecule has 1 amide bonds. The molecule has 0 aliphatic carbocycles. The van der Waals surface area contributed by atoms with Crippen molar-refractivity contribution in [1.29, 1.82) is 0 Å². The molecule has 1 heterocycles. The number of hydrogen-bond acceptors (Lipinski definition) is 4. The van der Waals surface area contributed by atoms with E-state index in [0.717, 1.165) is 0 Å². The number of ether oxygens (including phenoxy) is 1. The highest BCUT2D eigenvalue weighted by Crippen LogP contribution is 2.20. The lowest BCUT2D eigenvalue weighted by molar-refractivity contribution is -0.153. The Balaban J connectivity index is 2.83. The highest BCUT2D eigenvalue weighted by Gasteiger charge is 2.21. The van der Waals surface area contributed by atoms with Crippen LogP contribution < -0.4 is 5.73 Å². The fourth-order valence-corrected chi connectivity index (χ4v) is 1.58. The van der Waals surface area contributed by atoms with Crippen molar-refractivity contribution in [3.63, 3.8) is 0 Å². The first-order valence-electron chi connectivity index (χ1n) is 5.55. The number of aryl methyl sites for hydroxylation is 1. The van der Waals surface area contributed by atoms with E-state index < -0.39 is 24.5 Å². The quantitative estimate of drug-likeness (QED) is 0.807. The van der Waals surface area contributed by atoms with Crippen molar-refractivity contribution in [3.8, 4) is 0 Å². The van der Waals surface area contributed by atoms with E-state index in [4.69, 9.17) is 10.5 Å². The van der Waals surface area contributed by atoms with Crippen LogP contribution in [0.4, 0.5) is 8.78 Å². The normalized spacial score (nSPS) is 12.5. The van der Waals surface area contributed by atoms with Crippen LogP contribution >= 0.6 is 0 Å². The first-order chi connectivity index (χ1) is 8.73. The Labute approximate surface area is 108 Å². The number of nitrogens with two attached hydrogens (primary N) is 1. The van der Waals surface area contributed by atoms with Gasteiger partial charge in [0.15, 0.2) is 6.10 Å². The second kappa shape index (κ2) is 5.77. The summed E-state index contributed by atoms with van der Waals surface area (Å²) in [7, 11) is 0. The van der Waals surface area contributed by atoms with E-state index in [1.807, 2.05) is 0 Å². The standard InChI is InChI=1S/C11H15F2N3O3/c1-5-8(6(2)16(15-5)11(12)13)4-9(17)19-7(3)10(14)18/h7,11H,4H2,1-3H3,(H2,14,18)/t7-/m0/s1. The van der Waals surface area contributed by atoms with Gasteiger partial charge in [-0.1, -0.05) is 0 Å². The van der Waals surface area contributed by atoms with Gasteiger partial charge in [-0.15, -0.1) is 0 Å². The smallest absolute Gasteiger partial charge is 0.333 e. The number of carbonyl (C=O) groups is 2. The lowest BCUT2D eigenvalue weighted by Gasteiger charge is -2.09. The molecule has 0 bridgehead atoms. The van der Waals surface area contributed by atoms with Crippen LogP contribution in [-0.2, 0) is 20.7 Å². The average molecular weight is 275 g/mol. The highest BCUT2D eigenvalue weighted by molar-refractivity contribution is 5.82. The van der Waals surface area contributed by atoms with E-state index in [9.17, 15) is 18.4 Å². The first kappa shape index (κ1) is 15.1. The summed E-state index contributed by atoms with van der Waals surface area (Å²) in [5.74, 6) is -1.49. The number of primary amides is 1. The average Bonchev–Trinajstić information content (AvgIpc) is 2.56. The molecular weight excluding hydrogens is 260 g/mol. The fraction of sp³-hybridized carbons (Fsp3) is 0.545. The number of aromatic nitrogens is 2. The van der Waals surface area contributed by atoms with Gasteiger partial charge in [-0.2, -0.15) is 13.9 Å². The maximum absolute atomic E-state index is 12.6. The number of alkyl halides is 2. The minimum Gasteiger partial charge on any atom is -0.452 e. The van der Waals surface area contributed by atoms with E-state index in [2.05, 4.69) is 5.10 Å². The van der Waals surface area contributed by atoms with Gasteiger partial charge in [0.05, 0.1) is 12.1 Å². The number of halogens is 2. The summed E-state index contributed by atoms with van der Waals surface area (Å²) in [6, 6.07) is 0. The second-order valence-electron chi connectivity index (χ2n) is 4.08. The topological polar surface area (TPSA) is 87.2 Å². The van der Waals surface area contributed by atoms with Gasteiger partial charge in [-0.3, -0.25) is 9.59 Å². The van der Waals surface area contributed by atoms with Crippen molar-refractivity contribution < 1.29 is 23.1 Å². The zero-order chi connectivity index (χ0) is 14.7. The molecule has 0 fully saturated rings. The lowest BCUT2D eigenvalue weighted by atomic mass is 10.1. The largest absolute Gasteiger partial charge is 0.452 e. The third-order valence-corrected chi connectivity index (χ3v) is 2.69. The first-order valence-corrected chi connectivity index (χ1v) is 5.55. The maximum atomic E-state index is 12.6. The summed E-state index contributed by atoms with van der Waals surface area (Å²) in [4.78, 5) is 22.3. The molecule has 0 saturated heterocycles. The Bertz CT molecular complexity index is 500. The van der Waals surface area contributed by atoms with Gasteiger partial charge in [-0.05, 0) is 20.8 Å². The van der Waals surface area contributed by atoms with E-state index >= 15 is 0 Å². The Hall–Kier alpha value is -1.99. The Morgan fingerprint density at radius 2 is 2.00 bits per heavy atom. The molecule has 106 valence electrons. The monoisotopic (exact) mass is 275 g/mol. The molecule has 8 heteroatoms. The molecular formula is C11H15F2N3O3. The van der Waals surface area contributed by atoms with Gasteiger partial charge in [0, 0.05) is 11.3 Å². The van der Waals surface area contributed by atoms with Gasteiger partial charge in [0.1, 0.15) is 0 Å². The molecule has 0 unspecified atom stereocenters. The summed E-state index contributed by atoms with van der Waals surface area (Å²) >= 11 is 0. The third kappa shape index (κ3) is 3.49. The second-order valence-corrected chi connectivity index (χ2v) is 4.08. The SMILES string of the molecule is Cc1nn(C(F)F)c(C)c1CC(=O)O[C@@H](C)C(N)=O. The van der Waals surface area contributed by atoms with Crippen molar-refractivity contribution in [2.24, 2.45) is 5.73 Å². The molecule has 2 N–H and O–H groups in total. The predicted octanol–water partition coefficient (Wildman–Crippen LogP) is 0.855. The van der Waals surface area contributed by atoms with Crippen molar-refractivity contribution in [3.05, 3.63) is 17.0 Å². The van der Waals surface area contributed by atoms with Crippen LogP contribution in [0.15, 0.2) is 0 Å². The summed E-state index contributed by atoms with van der Waals surface area (Å²) in [6.45, 7) is 1.52. The number of carbonyl (C=O) groups excluding carboxylic acids is 2. The van der Waals surface area contributed by atoms with E-state index in [0.29, 0.717) is 15.9 Å². The number of hydrogen-bond donors (Lipinski definition) is 1. The molecule has 6 nitrogen and oxygen atoms in total. The molecule has 1 aromatic rings. The molecule has 0 spiro atoms. The van der Waals surface area contributed by atoms with Crippen LogP contribution in [0.3, 0.4) is 0 Å². The van der Waals surface area contributed by atoms with Crippen LogP contribution in [0.1, 0.15) is 30.4 Å². The molecule has 19 heavy (non-hydrogen) atoms. The van der Waals surface area contributed by atoms with Crippen molar-refractivity contribution in [2.45, 2.75) is 39.8 Å². The van der Waals surface area contributed by atoms with Crippen molar-refractivity contribution in [2.75, 3.05) is 0 Å². The minimum atomic E-state index is -2.77. The molecule has 1 rings (SSSR count). The van der Waals surface area contributed by atoms with E-state index in [1.165, 1.54) is 20.8 Å². The predicted molar refractivity (Wildman–Crippen MR) is 61.4 cm³/mol. The molecule has 0 aliphatic heterocycles. The van der Waals surface area contributed by atoms with E-state index in [1.54, 1.807) is 0 Å². The number of rotatable bonds is 5. The lowest BCUT2D eigenvalue weighted by Crippen LogP contribution is -2.31. The van der Waals surface area contributed by atoms with Crippen LogP contribution in [0.2, 0.25) is 0 Å².